The lowest BCUT2D eigenvalue weighted by Gasteiger charge is -2.39. The first-order chi connectivity index (χ1) is 23.3. The molecule has 1 unspecified atom stereocenters. The van der Waals surface area contributed by atoms with E-state index in [0.717, 1.165) is 19.3 Å². The van der Waals surface area contributed by atoms with Gasteiger partial charge in [-0.25, -0.2) is 0 Å². The molecule has 48 heavy (non-hydrogen) atoms. The number of aliphatic hydroxyl groups excluding tert-OH is 2. The van der Waals surface area contributed by atoms with Gasteiger partial charge in [0.05, 0.1) is 31.8 Å². The lowest BCUT2D eigenvalue weighted by molar-refractivity contribution is -0.123. The van der Waals surface area contributed by atoms with Crippen molar-refractivity contribution in [2.24, 2.45) is 23.7 Å². The van der Waals surface area contributed by atoms with Crippen molar-refractivity contribution in [3.63, 3.8) is 0 Å². The zero-order valence-electron chi connectivity index (χ0n) is 30.9. The molecule has 0 aliphatic heterocycles. The largest absolute Gasteiger partial charge is 0.393 e. The van der Waals surface area contributed by atoms with Gasteiger partial charge in [0.2, 0.25) is 11.8 Å². The van der Waals surface area contributed by atoms with Crippen molar-refractivity contribution in [1.29, 1.82) is 0 Å². The van der Waals surface area contributed by atoms with Gasteiger partial charge in [-0.1, -0.05) is 103 Å². The van der Waals surface area contributed by atoms with E-state index in [1.807, 2.05) is 0 Å². The molecule has 2 aliphatic carbocycles. The molecule has 0 saturated carbocycles. The highest BCUT2D eigenvalue weighted by Gasteiger charge is 2.33. The molecule has 2 amide bonds. The molecule has 7 nitrogen and oxygen atoms in total. The van der Waals surface area contributed by atoms with E-state index in [2.05, 4.69) is 61.8 Å². The van der Waals surface area contributed by atoms with E-state index in [-0.39, 0.29) is 24.7 Å². The molecule has 276 valence electrons. The summed E-state index contributed by atoms with van der Waals surface area (Å²) in [5.74, 6) is 2.04. The van der Waals surface area contributed by atoms with Gasteiger partial charge in [-0.15, -0.1) is 0 Å². The van der Waals surface area contributed by atoms with Crippen LogP contribution in [0.25, 0.3) is 0 Å². The normalized spacial score (nSPS) is 21.9. The predicted molar refractivity (Wildman–Crippen MR) is 199 cm³/mol. The zero-order valence-corrected chi connectivity index (χ0v) is 30.9. The maximum absolute atomic E-state index is 12.2. The Labute approximate surface area is 293 Å². The van der Waals surface area contributed by atoms with Crippen LogP contribution in [0.1, 0.15) is 149 Å². The molecule has 0 heterocycles. The molecule has 0 aromatic heterocycles. The van der Waals surface area contributed by atoms with Gasteiger partial charge in [-0.2, -0.15) is 0 Å². The predicted octanol–water partition coefficient (Wildman–Crippen LogP) is 8.35. The maximum atomic E-state index is 12.2. The Morgan fingerprint density at radius 2 is 1.48 bits per heavy atom. The summed E-state index contributed by atoms with van der Waals surface area (Å²) in [4.78, 5) is 24.3. The van der Waals surface area contributed by atoms with Gasteiger partial charge >= 0.3 is 0 Å². The number of carbonyl (C=O) groups is 2. The van der Waals surface area contributed by atoms with Crippen molar-refractivity contribution in [3.05, 3.63) is 36.0 Å². The Balaban J connectivity index is 1.37. The second kappa shape index (κ2) is 26.8. The Morgan fingerprint density at radius 1 is 0.854 bits per heavy atom. The molecule has 7 heteroatoms. The number of carbonyl (C=O) groups excluding carboxylic acids is 2. The molecular weight excluding hydrogens is 600 g/mol. The first-order valence-electron chi connectivity index (χ1n) is 19.8. The van der Waals surface area contributed by atoms with Gasteiger partial charge in [0.25, 0.3) is 0 Å². The number of rotatable bonds is 28. The van der Waals surface area contributed by atoms with Crippen molar-refractivity contribution in [1.82, 2.24) is 10.6 Å². The van der Waals surface area contributed by atoms with Crippen molar-refractivity contribution in [2.45, 2.75) is 161 Å². The summed E-state index contributed by atoms with van der Waals surface area (Å²) in [6.45, 7) is 8.36. The fourth-order valence-corrected chi connectivity index (χ4v) is 7.28. The Morgan fingerprint density at radius 3 is 2.17 bits per heavy atom. The number of fused-ring (bicyclic) bond motifs is 1. The number of hydrogen-bond acceptors (Lipinski definition) is 5. The second-order valence-corrected chi connectivity index (χ2v) is 14.7. The number of amides is 2. The summed E-state index contributed by atoms with van der Waals surface area (Å²) in [6.07, 6.45) is 31.2. The molecule has 0 fully saturated rings. The molecule has 2 rings (SSSR count). The highest BCUT2D eigenvalue weighted by atomic mass is 16.5. The van der Waals surface area contributed by atoms with Crippen LogP contribution in [0.5, 0.6) is 0 Å². The number of hydrogen-bond donors (Lipinski definition) is 4. The topological polar surface area (TPSA) is 108 Å². The molecular formula is C41H72N2O5. The molecule has 0 radical (unpaired) electrons. The van der Waals surface area contributed by atoms with Crippen molar-refractivity contribution < 1.29 is 24.5 Å². The minimum Gasteiger partial charge on any atom is -0.393 e. The van der Waals surface area contributed by atoms with Crippen LogP contribution in [0, 0.1) is 23.7 Å². The summed E-state index contributed by atoms with van der Waals surface area (Å²) in [6, 6.07) is 0. The summed E-state index contributed by atoms with van der Waals surface area (Å²) >= 11 is 0. The number of unbranched alkanes of at least 4 members (excludes halogenated alkanes) is 11. The van der Waals surface area contributed by atoms with Crippen LogP contribution < -0.4 is 10.6 Å². The van der Waals surface area contributed by atoms with Gasteiger partial charge in [0.15, 0.2) is 0 Å². The summed E-state index contributed by atoms with van der Waals surface area (Å²) in [5.41, 5.74) is 1.46. The molecule has 0 bridgehead atoms. The van der Waals surface area contributed by atoms with Gasteiger partial charge < -0.3 is 25.6 Å². The van der Waals surface area contributed by atoms with Crippen molar-refractivity contribution in [3.8, 4) is 0 Å². The monoisotopic (exact) mass is 673 g/mol. The Kier molecular flexibility index (Phi) is 23.6. The summed E-state index contributed by atoms with van der Waals surface area (Å²) in [5, 5.41) is 26.7. The van der Waals surface area contributed by atoms with Crippen LogP contribution in [0.3, 0.4) is 0 Å². The van der Waals surface area contributed by atoms with Crippen LogP contribution >= 0.6 is 0 Å². The Bertz CT molecular complexity index is 947. The van der Waals surface area contributed by atoms with Crippen LogP contribution in [0.2, 0.25) is 0 Å². The van der Waals surface area contributed by atoms with E-state index < -0.39 is 12.2 Å². The zero-order chi connectivity index (χ0) is 34.8. The fourth-order valence-electron chi connectivity index (χ4n) is 7.28. The van der Waals surface area contributed by atoms with Crippen LogP contribution in [-0.4, -0.2) is 60.5 Å². The molecule has 0 spiro atoms. The third kappa shape index (κ3) is 19.9. The average molecular weight is 673 g/mol. The highest BCUT2D eigenvalue weighted by Crippen LogP contribution is 2.43. The van der Waals surface area contributed by atoms with Crippen LogP contribution in [0.4, 0.5) is 0 Å². The van der Waals surface area contributed by atoms with Gasteiger partial charge in [-0.3, -0.25) is 9.59 Å². The third-order valence-electron chi connectivity index (χ3n) is 10.2. The van der Waals surface area contributed by atoms with Gasteiger partial charge in [0.1, 0.15) is 0 Å². The summed E-state index contributed by atoms with van der Waals surface area (Å²) < 4.78 is 5.53. The van der Waals surface area contributed by atoms with Gasteiger partial charge in [-0.05, 0) is 93.5 Å². The standard InChI is InChI=1S/C41H72N2O5/c1-4-5-6-7-8-9-10-11-12-13-14-15-16-17-18-19-40(46)42-26-28-48-29-27-43-41(47)32-37(45)31-36(44)23-25-38-34(3)21-22-35-30-33(2)20-24-39(35)38/h11-12,21-22,30,33-34,36-39,44-45H,4-10,13-20,23-29,31-32H2,1-3H3,(H,42,46)(H,43,47)/b12-11-/t33-,34+,36+,37-,38+,39?/m1/s1. The molecule has 6 atom stereocenters. The van der Waals surface area contributed by atoms with E-state index >= 15 is 0 Å². The minimum absolute atomic E-state index is 0.0283. The highest BCUT2D eigenvalue weighted by molar-refractivity contribution is 5.76. The number of ether oxygens (including phenoxy) is 1. The van der Waals surface area contributed by atoms with E-state index in [0.29, 0.717) is 62.8 Å². The number of nitrogens with one attached hydrogen (secondary N) is 2. The quantitative estimate of drug-likeness (QED) is 0.0494. The average Bonchev–Trinajstić information content (AvgIpc) is 3.05. The molecule has 0 aromatic carbocycles. The Hall–Kier alpha value is -1.96. The van der Waals surface area contributed by atoms with E-state index in [4.69, 9.17) is 4.74 Å². The smallest absolute Gasteiger partial charge is 0.222 e. The number of allylic oxidation sites excluding steroid dienone is 6. The van der Waals surface area contributed by atoms with E-state index in [9.17, 15) is 19.8 Å². The molecule has 0 saturated heterocycles. The SMILES string of the molecule is CCCCCCCC/C=C\CCCCCCCC(=O)NCCOCCNC(=O)C[C@H](O)C[C@@H](O)CC[C@@H]1C2CC[C@@H](C)C=C2C=C[C@@H]1C. The van der Waals surface area contributed by atoms with Crippen LogP contribution in [-0.2, 0) is 14.3 Å². The fraction of sp³-hybridized carbons (Fsp3) is 0.805. The first kappa shape index (κ1) is 42.2. The van der Waals surface area contributed by atoms with Crippen molar-refractivity contribution in [2.75, 3.05) is 26.3 Å². The maximum Gasteiger partial charge on any atom is 0.222 e. The first-order valence-corrected chi connectivity index (χ1v) is 19.8. The third-order valence-corrected chi connectivity index (χ3v) is 10.2. The summed E-state index contributed by atoms with van der Waals surface area (Å²) in [7, 11) is 0. The second-order valence-electron chi connectivity index (χ2n) is 14.7. The lowest BCUT2D eigenvalue weighted by Crippen LogP contribution is -2.33. The molecule has 0 aromatic rings. The molecule has 4 N–H and O–H groups in total. The lowest BCUT2D eigenvalue weighted by atomic mass is 9.66. The minimum atomic E-state index is -0.868. The van der Waals surface area contributed by atoms with Crippen LogP contribution in [0.15, 0.2) is 36.0 Å². The van der Waals surface area contributed by atoms with E-state index in [1.165, 1.54) is 89.0 Å². The number of aliphatic hydroxyl groups is 2. The molecule has 2 aliphatic rings. The van der Waals surface area contributed by atoms with E-state index in [1.54, 1.807) is 0 Å². The van der Waals surface area contributed by atoms with Crippen molar-refractivity contribution >= 4 is 11.8 Å². The van der Waals surface area contributed by atoms with Gasteiger partial charge in [0, 0.05) is 19.5 Å².